The number of fused-ring (bicyclic) bond motifs is 1. The highest BCUT2D eigenvalue weighted by molar-refractivity contribution is 7.19. The van der Waals surface area contributed by atoms with Gasteiger partial charge in [0, 0.05) is 16.1 Å². The van der Waals surface area contributed by atoms with Crippen molar-refractivity contribution in [3.63, 3.8) is 0 Å². The molecular weight excluding hydrogens is 250 g/mol. The predicted molar refractivity (Wildman–Crippen MR) is 85.3 cm³/mol. The smallest absolute Gasteiger partial charge is 0.0381 e. The molecule has 102 valence electrons. The van der Waals surface area contributed by atoms with E-state index in [1.165, 1.54) is 35.1 Å². The summed E-state index contributed by atoms with van der Waals surface area (Å²) < 4.78 is 1.52. The van der Waals surface area contributed by atoms with Gasteiger partial charge in [0.15, 0.2) is 0 Å². The molecule has 1 aliphatic carbocycles. The lowest BCUT2D eigenvalue weighted by Gasteiger charge is -2.06. The van der Waals surface area contributed by atoms with Crippen molar-refractivity contribution < 1.29 is 0 Å². The van der Waals surface area contributed by atoms with Crippen LogP contribution in [-0.2, 0) is 6.54 Å². The van der Waals surface area contributed by atoms with E-state index in [1.807, 2.05) is 11.3 Å². The molecule has 1 N–H and O–H groups in total. The second-order valence-corrected chi connectivity index (χ2v) is 6.90. The number of benzene rings is 1. The van der Waals surface area contributed by atoms with Crippen molar-refractivity contribution in [3.05, 3.63) is 33.7 Å². The fourth-order valence-electron chi connectivity index (χ4n) is 2.88. The van der Waals surface area contributed by atoms with Crippen molar-refractivity contribution in [2.24, 2.45) is 0 Å². The molecule has 0 radical (unpaired) electrons. The summed E-state index contributed by atoms with van der Waals surface area (Å²) in [5, 5.41) is 5.15. The highest BCUT2D eigenvalue weighted by Crippen LogP contribution is 2.49. The van der Waals surface area contributed by atoms with E-state index in [9.17, 15) is 0 Å². The normalized spacial score (nSPS) is 15.3. The zero-order valence-corrected chi connectivity index (χ0v) is 13.0. The zero-order valence-electron chi connectivity index (χ0n) is 12.2. The standard InChI is InChI=1S/C17H23NS/c1-4-9-18-10-14-16(13-7-8-13)15-11(2)5-6-12(3)17(15)19-14/h5-6,13,18H,4,7-10H2,1-3H3. The SMILES string of the molecule is CCCNCc1sc2c(C)ccc(C)c2c1C1CC1. The average molecular weight is 273 g/mol. The fourth-order valence-corrected chi connectivity index (χ4v) is 4.28. The van der Waals surface area contributed by atoms with Crippen molar-refractivity contribution >= 4 is 21.4 Å². The highest BCUT2D eigenvalue weighted by atomic mass is 32.1. The Labute approximate surface area is 120 Å². The monoisotopic (exact) mass is 273 g/mol. The van der Waals surface area contributed by atoms with Gasteiger partial charge in [-0.1, -0.05) is 19.1 Å². The Kier molecular flexibility index (Phi) is 3.64. The number of thiophene rings is 1. The van der Waals surface area contributed by atoms with Gasteiger partial charge < -0.3 is 5.32 Å². The summed E-state index contributed by atoms with van der Waals surface area (Å²) in [5.41, 5.74) is 4.57. The summed E-state index contributed by atoms with van der Waals surface area (Å²) in [6.45, 7) is 8.92. The quantitative estimate of drug-likeness (QED) is 0.764. The molecule has 1 saturated carbocycles. The minimum absolute atomic E-state index is 0.840. The van der Waals surface area contributed by atoms with Crippen LogP contribution < -0.4 is 5.32 Å². The minimum Gasteiger partial charge on any atom is -0.312 e. The Hall–Kier alpha value is -0.860. The Morgan fingerprint density at radius 2 is 1.95 bits per heavy atom. The molecule has 1 fully saturated rings. The van der Waals surface area contributed by atoms with Gasteiger partial charge in [-0.05, 0) is 67.6 Å². The Morgan fingerprint density at radius 3 is 2.63 bits per heavy atom. The highest BCUT2D eigenvalue weighted by Gasteiger charge is 2.30. The van der Waals surface area contributed by atoms with E-state index in [4.69, 9.17) is 0 Å². The molecule has 2 aromatic rings. The van der Waals surface area contributed by atoms with E-state index in [-0.39, 0.29) is 0 Å². The summed E-state index contributed by atoms with van der Waals surface area (Å²) in [6, 6.07) is 4.56. The van der Waals surface area contributed by atoms with Crippen molar-refractivity contribution in [2.75, 3.05) is 6.54 Å². The van der Waals surface area contributed by atoms with Gasteiger partial charge in [-0.2, -0.15) is 0 Å². The molecule has 0 atom stereocenters. The molecular formula is C17H23NS. The average Bonchev–Trinajstić information content (AvgIpc) is 3.16. The molecule has 19 heavy (non-hydrogen) atoms. The first-order chi connectivity index (χ1) is 9.22. The third-order valence-electron chi connectivity index (χ3n) is 4.06. The van der Waals surface area contributed by atoms with Crippen LogP contribution in [-0.4, -0.2) is 6.54 Å². The van der Waals surface area contributed by atoms with Gasteiger partial charge in [0.2, 0.25) is 0 Å². The maximum atomic E-state index is 3.58. The maximum absolute atomic E-state index is 3.58. The van der Waals surface area contributed by atoms with Crippen LogP contribution in [0, 0.1) is 13.8 Å². The van der Waals surface area contributed by atoms with Crippen molar-refractivity contribution in [3.8, 4) is 0 Å². The molecule has 3 rings (SSSR count). The molecule has 0 unspecified atom stereocenters. The van der Waals surface area contributed by atoms with Crippen LogP contribution in [0.15, 0.2) is 12.1 Å². The second-order valence-electron chi connectivity index (χ2n) is 5.79. The van der Waals surface area contributed by atoms with E-state index in [2.05, 4.69) is 38.2 Å². The summed E-state index contributed by atoms with van der Waals surface area (Å²) in [6.07, 6.45) is 3.99. The number of rotatable bonds is 5. The summed E-state index contributed by atoms with van der Waals surface area (Å²) in [7, 11) is 0. The Bertz CT molecular complexity index is 593. The molecule has 2 heteroatoms. The molecule has 1 aromatic heterocycles. The molecule has 0 spiro atoms. The summed E-state index contributed by atoms with van der Waals surface area (Å²) >= 11 is 2.02. The van der Waals surface area contributed by atoms with E-state index >= 15 is 0 Å². The van der Waals surface area contributed by atoms with Crippen LogP contribution in [0.4, 0.5) is 0 Å². The lowest BCUT2D eigenvalue weighted by Crippen LogP contribution is -2.13. The zero-order chi connectivity index (χ0) is 13.4. The van der Waals surface area contributed by atoms with Crippen molar-refractivity contribution in [1.29, 1.82) is 0 Å². The molecule has 0 amide bonds. The molecule has 1 nitrogen and oxygen atoms in total. The Balaban J connectivity index is 2.08. The van der Waals surface area contributed by atoms with Crippen LogP contribution in [0.5, 0.6) is 0 Å². The lowest BCUT2D eigenvalue weighted by molar-refractivity contribution is 0.678. The number of hydrogen-bond acceptors (Lipinski definition) is 2. The number of nitrogens with one attached hydrogen (secondary N) is 1. The molecule has 0 aliphatic heterocycles. The Morgan fingerprint density at radius 1 is 1.21 bits per heavy atom. The summed E-state index contributed by atoms with van der Waals surface area (Å²) in [4.78, 5) is 1.59. The molecule has 1 aromatic carbocycles. The molecule has 0 bridgehead atoms. The van der Waals surface area contributed by atoms with E-state index in [0.29, 0.717) is 0 Å². The van der Waals surface area contributed by atoms with Gasteiger partial charge in [-0.3, -0.25) is 0 Å². The van der Waals surface area contributed by atoms with Crippen LogP contribution in [0.3, 0.4) is 0 Å². The third kappa shape index (κ3) is 2.44. The van der Waals surface area contributed by atoms with E-state index < -0.39 is 0 Å². The first-order valence-corrected chi connectivity index (χ1v) is 8.26. The third-order valence-corrected chi connectivity index (χ3v) is 5.40. The van der Waals surface area contributed by atoms with Gasteiger partial charge >= 0.3 is 0 Å². The molecule has 1 heterocycles. The van der Waals surface area contributed by atoms with Crippen LogP contribution >= 0.6 is 11.3 Å². The van der Waals surface area contributed by atoms with Crippen molar-refractivity contribution in [2.45, 2.75) is 52.5 Å². The van der Waals surface area contributed by atoms with Crippen LogP contribution in [0.25, 0.3) is 10.1 Å². The second kappa shape index (κ2) is 5.26. The van der Waals surface area contributed by atoms with Gasteiger partial charge in [0.25, 0.3) is 0 Å². The molecule has 1 aliphatic rings. The topological polar surface area (TPSA) is 12.0 Å². The van der Waals surface area contributed by atoms with Crippen molar-refractivity contribution in [1.82, 2.24) is 5.32 Å². The number of aryl methyl sites for hydroxylation is 2. The maximum Gasteiger partial charge on any atom is 0.0381 e. The van der Waals surface area contributed by atoms with Gasteiger partial charge in [0.05, 0.1) is 0 Å². The van der Waals surface area contributed by atoms with Gasteiger partial charge in [-0.25, -0.2) is 0 Å². The number of hydrogen-bond donors (Lipinski definition) is 1. The van der Waals surface area contributed by atoms with Gasteiger partial charge in [-0.15, -0.1) is 11.3 Å². The first-order valence-electron chi connectivity index (χ1n) is 7.44. The molecule has 0 saturated heterocycles. The van der Waals surface area contributed by atoms with Crippen LogP contribution in [0.2, 0.25) is 0 Å². The first kappa shape index (κ1) is 13.1. The minimum atomic E-state index is 0.840. The summed E-state index contributed by atoms with van der Waals surface area (Å²) in [5.74, 6) is 0.840. The van der Waals surface area contributed by atoms with E-state index in [0.717, 1.165) is 19.0 Å². The fraction of sp³-hybridized carbons (Fsp3) is 0.529. The van der Waals surface area contributed by atoms with Crippen LogP contribution in [0.1, 0.15) is 53.7 Å². The lowest BCUT2D eigenvalue weighted by atomic mass is 10.00. The van der Waals surface area contributed by atoms with E-state index in [1.54, 1.807) is 15.8 Å². The van der Waals surface area contributed by atoms with Gasteiger partial charge in [0.1, 0.15) is 0 Å². The predicted octanol–water partition coefficient (Wildman–Crippen LogP) is 4.90. The largest absolute Gasteiger partial charge is 0.312 e.